The van der Waals surface area contributed by atoms with Gasteiger partial charge in [0.25, 0.3) is 0 Å². The van der Waals surface area contributed by atoms with Gasteiger partial charge in [0.1, 0.15) is 0 Å². The number of carbonyl (C=O) groups is 3. The van der Waals surface area contributed by atoms with Gasteiger partial charge in [-0.05, 0) is 23.8 Å². The molecule has 2 aromatic rings. The number of ether oxygens (including phenoxy) is 1. The van der Waals surface area contributed by atoms with Crippen molar-refractivity contribution in [2.75, 3.05) is 26.0 Å². The van der Waals surface area contributed by atoms with Crippen LogP contribution in [0.3, 0.4) is 0 Å². The third-order valence-corrected chi connectivity index (χ3v) is 4.22. The Morgan fingerprint density at radius 1 is 1.11 bits per heavy atom. The Hall–Kier alpha value is -3.06. The minimum absolute atomic E-state index is 0.0844. The van der Waals surface area contributed by atoms with Crippen molar-refractivity contribution in [2.45, 2.75) is 13.0 Å². The molecule has 0 fully saturated rings. The Kier molecular flexibility index (Phi) is 7.83. The van der Waals surface area contributed by atoms with Gasteiger partial charge in [0.15, 0.2) is 0 Å². The number of hydrogen-bond acceptors (Lipinski definition) is 4. The van der Waals surface area contributed by atoms with Crippen LogP contribution >= 0.6 is 11.6 Å². The summed E-state index contributed by atoms with van der Waals surface area (Å²) in [7, 11) is 2.94. The first-order valence-corrected chi connectivity index (χ1v) is 8.99. The number of urea groups is 1. The molecule has 0 bridgehead atoms. The van der Waals surface area contributed by atoms with E-state index in [-0.39, 0.29) is 35.5 Å². The molecule has 2 rings (SSSR count). The first-order valence-electron chi connectivity index (χ1n) is 8.61. The minimum atomic E-state index is -0.588. The number of carbonyl (C=O) groups excluding carboxylic acids is 3. The van der Waals surface area contributed by atoms with Gasteiger partial charge >= 0.3 is 12.0 Å². The highest BCUT2D eigenvalue weighted by Crippen LogP contribution is 2.21. The van der Waals surface area contributed by atoms with E-state index in [1.807, 2.05) is 30.3 Å². The fourth-order valence-electron chi connectivity index (χ4n) is 2.44. The average Bonchev–Trinajstić information content (AvgIpc) is 2.69. The summed E-state index contributed by atoms with van der Waals surface area (Å²) in [6.07, 6.45) is 0.0844. The summed E-state index contributed by atoms with van der Waals surface area (Å²) in [6.45, 7) is 0.654. The van der Waals surface area contributed by atoms with Crippen LogP contribution in [0.2, 0.25) is 5.02 Å². The van der Waals surface area contributed by atoms with Crippen LogP contribution in [0.1, 0.15) is 22.3 Å². The molecule has 0 spiro atoms. The lowest BCUT2D eigenvalue weighted by atomic mass is 10.2. The average molecular weight is 404 g/mol. The largest absolute Gasteiger partial charge is 0.465 e. The summed E-state index contributed by atoms with van der Waals surface area (Å²) in [5, 5.41) is 5.59. The highest BCUT2D eigenvalue weighted by Gasteiger charge is 2.13. The lowest BCUT2D eigenvalue weighted by Gasteiger charge is -2.18. The molecule has 0 aliphatic carbocycles. The number of amides is 3. The number of halogens is 1. The second-order valence-electron chi connectivity index (χ2n) is 6.06. The summed E-state index contributed by atoms with van der Waals surface area (Å²) in [6, 6.07) is 13.9. The molecule has 0 radical (unpaired) electrons. The molecular formula is C20H22ClN3O4. The second-order valence-corrected chi connectivity index (χ2v) is 6.47. The number of nitrogens with zero attached hydrogens (tertiary/aromatic N) is 1. The highest BCUT2D eigenvalue weighted by molar-refractivity contribution is 6.33. The van der Waals surface area contributed by atoms with E-state index < -0.39 is 5.97 Å². The molecule has 0 saturated carbocycles. The van der Waals surface area contributed by atoms with Crippen molar-refractivity contribution in [3.8, 4) is 0 Å². The van der Waals surface area contributed by atoms with Crippen molar-refractivity contribution in [1.29, 1.82) is 0 Å². The van der Waals surface area contributed by atoms with Gasteiger partial charge < -0.3 is 20.3 Å². The Balaban J connectivity index is 1.79. The van der Waals surface area contributed by atoms with Crippen LogP contribution in [0.4, 0.5) is 10.5 Å². The number of hydrogen-bond donors (Lipinski definition) is 2. The summed E-state index contributed by atoms with van der Waals surface area (Å²) in [4.78, 5) is 37.3. The Bertz CT molecular complexity index is 843. The van der Waals surface area contributed by atoms with Crippen LogP contribution < -0.4 is 10.6 Å². The summed E-state index contributed by atoms with van der Waals surface area (Å²) in [5.41, 5.74) is 1.60. The Morgan fingerprint density at radius 3 is 2.50 bits per heavy atom. The topological polar surface area (TPSA) is 87.7 Å². The lowest BCUT2D eigenvalue weighted by molar-refractivity contribution is -0.116. The van der Waals surface area contributed by atoms with Crippen LogP contribution in [-0.4, -0.2) is 43.5 Å². The number of benzene rings is 2. The lowest BCUT2D eigenvalue weighted by Crippen LogP contribution is -2.38. The van der Waals surface area contributed by atoms with Gasteiger partial charge in [0, 0.05) is 32.2 Å². The first-order chi connectivity index (χ1) is 13.4. The van der Waals surface area contributed by atoms with Crippen molar-refractivity contribution in [2.24, 2.45) is 0 Å². The molecule has 2 N–H and O–H groups in total. The fraction of sp³-hybridized carbons (Fsp3) is 0.250. The Morgan fingerprint density at radius 2 is 1.82 bits per heavy atom. The van der Waals surface area contributed by atoms with Gasteiger partial charge in [-0.2, -0.15) is 0 Å². The molecular weight excluding hydrogens is 382 g/mol. The molecule has 7 nitrogen and oxygen atoms in total. The molecule has 0 aliphatic heterocycles. The smallest absolute Gasteiger partial charge is 0.339 e. The normalized spacial score (nSPS) is 10.1. The van der Waals surface area contributed by atoms with Gasteiger partial charge in [-0.15, -0.1) is 0 Å². The third-order valence-electron chi connectivity index (χ3n) is 3.89. The fourth-order valence-corrected chi connectivity index (χ4v) is 2.63. The molecule has 8 heteroatoms. The van der Waals surface area contributed by atoms with E-state index in [2.05, 4.69) is 15.4 Å². The van der Waals surface area contributed by atoms with E-state index in [0.717, 1.165) is 5.56 Å². The maximum absolute atomic E-state index is 12.1. The van der Waals surface area contributed by atoms with Crippen molar-refractivity contribution in [3.05, 3.63) is 64.7 Å². The molecule has 0 aromatic heterocycles. The predicted octanol–water partition coefficient (Wildman–Crippen LogP) is 3.30. The number of rotatable bonds is 7. The maximum atomic E-state index is 12.1. The molecule has 0 heterocycles. The zero-order valence-corrected chi connectivity index (χ0v) is 16.5. The molecule has 28 heavy (non-hydrogen) atoms. The molecule has 3 amide bonds. The van der Waals surface area contributed by atoms with E-state index >= 15 is 0 Å². The van der Waals surface area contributed by atoms with Crippen LogP contribution in [0.15, 0.2) is 48.5 Å². The van der Waals surface area contributed by atoms with Crippen molar-refractivity contribution >= 4 is 35.2 Å². The van der Waals surface area contributed by atoms with Gasteiger partial charge in [-0.1, -0.05) is 41.9 Å². The first kappa shape index (κ1) is 21.2. The molecule has 0 saturated heterocycles. The number of anilines is 1. The van der Waals surface area contributed by atoms with Gasteiger partial charge in [0.05, 0.1) is 17.7 Å². The molecule has 0 unspecified atom stereocenters. The van der Waals surface area contributed by atoms with E-state index in [9.17, 15) is 14.4 Å². The standard InChI is InChI=1S/C20H22ClN3O4/c1-24(13-14-6-4-3-5-7-14)20(27)22-11-10-18(25)23-15-8-9-17(21)16(12-15)19(26)28-2/h3-9,12H,10-11,13H2,1-2H3,(H,22,27)(H,23,25). The van der Waals surface area contributed by atoms with Crippen LogP contribution in [0.5, 0.6) is 0 Å². The van der Waals surface area contributed by atoms with Crippen LogP contribution in [0.25, 0.3) is 0 Å². The monoisotopic (exact) mass is 403 g/mol. The van der Waals surface area contributed by atoms with Gasteiger partial charge in [-0.3, -0.25) is 4.79 Å². The highest BCUT2D eigenvalue weighted by atomic mass is 35.5. The molecule has 148 valence electrons. The minimum Gasteiger partial charge on any atom is -0.465 e. The second kappa shape index (κ2) is 10.3. The zero-order valence-electron chi connectivity index (χ0n) is 15.7. The third kappa shape index (κ3) is 6.28. The molecule has 2 aromatic carbocycles. The van der Waals surface area contributed by atoms with Crippen molar-refractivity contribution in [1.82, 2.24) is 10.2 Å². The van der Waals surface area contributed by atoms with E-state index in [1.54, 1.807) is 13.1 Å². The van der Waals surface area contributed by atoms with E-state index in [4.69, 9.17) is 11.6 Å². The number of esters is 1. The van der Waals surface area contributed by atoms with Gasteiger partial charge in [0.2, 0.25) is 5.91 Å². The van der Waals surface area contributed by atoms with Crippen LogP contribution in [-0.2, 0) is 16.1 Å². The number of nitrogens with one attached hydrogen (secondary N) is 2. The maximum Gasteiger partial charge on any atom is 0.339 e. The Labute approximate surface area is 168 Å². The van der Waals surface area contributed by atoms with Crippen molar-refractivity contribution < 1.29 is 19.1 Å². The summed E-state index contributed by atoms with van der Waals surface area (Å²) >= 11 is 5.95. The van der Waals surface area contributed by atoms with Crippen molar-refractivity contribution in [3.63, 3.8) is 0 Å². The van der Waals surface area contributed by atoms with E-state index in [1.165, 1.54) is 24.1 Å². The SMILES string of the molecule is COC(=O)c1cc(NC(=O)CCNC(=O)N(C)Cc2ccccc2)ccc1Cl. The zero-order chi connectivity index (χ0) is 20.5. The molecule has 0 atom stereocenters. The quantitative estimate of drug-likeness (QED) is 0.694. The van der Waals surface area contributed by atoms with Gasteiger partial charge in [-0.25, -0.2) is 9.59 Å². The van der Waals surface area contributed by atoms with Crippen LogP contribution in [0, 0.1) is 0 Å². The van der Waals surface area contributed by atoms with E-state index in [0.29, 0.717) is 12.2 Å². The summed E-state index contributed by atoms with van der Waals surface area (Å²) < 4.78 is 4.65. The predicted molar refractivity (Wildman–Crippen MR) is 107 cm³/mol. The summed E-state index contributed by atoms with van der Waals surface area (Å²) in [5.74, 6) is -0.890. The molecule has 0 aliphatic rings. The number of methoxy groups -OCH3 is 1.